The number of aryl methyl sites for hydroxylation is 1. The van der Waals surface area contributed by atoms with E-state index in [1.165, 1.54) is 5.56 Å². The molecule has 2 rings (SSSR count). The molecule has 0 radical (unpaired) electrons. The lowest BCUT2D eigenvalue weighted by molar-refractivity contribution is -0.164. The molecule has 25 heavy (non-hydrogen) atoms. The highest BCUT2D eigenvalue weighted by Crippen LogP contribution is 2.35. The molecule has 1 aliphatic rings. The fraction of sp³-hybridized carbons (Fsp3) is 0.579. The molecule has 2 atom stereocenters. The highest BCUT2D eigenvalue weighted by molar-refractivity contribution is 5.76. The maximum absolute atomic E-state index is 11.7. The Morgan fingerprint density at radius 2 is 2.00 bits per heavy atom. The Hall–Kier alpha value is -1.92. The summed E-state index contributed by atoms with van der Waals surface area (Å²) in [5, 5.41) is 26.7. The summed E-state index contributed by atoms with van der Waals surface area (Å²) in [4.78, 5) is 22.3. The minimum Gasteiger partial charge on any atom is -0.483 e. The van der Waals surface area contributed by atoms with Crippen LogP contribution in [0.5, 0.6) is 0 Å². The van der Waals surface area contributed by atoms with Crippen molar-refractivity contribution in [2.45, 2.75) is 45.1 Å². The standard InChI is InChI=1S/C18H27NO3.CH2O2/c1-2-11-18(17(21)22)14-19(13-10-16(18)20)12-6-9-15-7-4-3-5-8-15;2-1-3/h3-5,7-8,16,20H,2,6,9-14H2,1H3,(H,21,22);1H,(H,2,3)/t16-,18+;/m0./s1. The summed E-state index contributed by atoms with van der Waals surface area (Å²) in [6, 6.07) is 10.4. The first-order chi connectivity index (χ1) is 12.0. The first-order valence-corrected chi connectivity index (χ1v) is 8.75. The van der Waals surface area contributed by atoms with Crippen molar-refractivity contribution in [3.63, 3.8) is 0 Å². The fourth-order valence-electron chi connectivity index (χ4n) is 3.52. The van der Waals surface area contributed by atoms with Crippen LogP contribution in [0.15, 0.2) is 30.3 Å². The normalized spacial score (nSPS) is 23.4. The van der Waals surface area contributed by atoms with Gasteiger partial charge in [0, 0.05) is 13.1 Å². The van der Waals surface area contributed by atoms with Crippen LogP contribution in [0, 0.1) is 5.41 Å². The molecule has 0 amide bonds. The lowest BCUT2D eigenvalue weighted by Crippen LogP contribution is -2.56. The van der Waals surface area contributed by atoms with Gasteiger partial charge in [0.25, 0.3) is 6.47 Å². The van der Waals surface area contributed by atoms with Crippen LogP contribution in [0.1, 0.15) is 38.2 Å². The first-order valence-electron chi connectivity index (χ1n) is 8.75. The number of likely N-dealkylation sites (tertiary alicyclic amines) is 1. The molecule has 3 N–H and O–H groups in total. The minimum absolute atomic E-state index is 0.250. The zero-order chi connectivity index (χ0) is 18.7. The molecule has 140 valence electrons. The summed E-state index contributed by atoms with van der Waals surface area (Å²) in [5.41, 5.74) is 0.331. The van der Waals surface area contributed by atoms with Crippen molar-refractivity contribution in [2.75, 3.05) is 19.6 Å². The smallest absolute Gasteiger partial charge is 0.313 e. The number of piperidine rings is 1. The number of aliphatic hydroxyl groups excluding tert-OH is 1. The second-order valence-corrected chi connectivity index (χ2v) is 6.49. The van der Waals surface area contributed by atoms with Gasteiger partial charge in [0.05, 0.1) is 6.10 Å². The SMILES string of the molecule is CCC[C@@]1(C(=O)O)CN(CCCc2ccccc2)CC[C@@H]1O.O=CO. The molecule has 0 spiro atoms. The summed E-state index contributed by atoms with van der Waals surface area (Å²) in [7, 11) is 0. The lowest BCUT2D eigenvalue weighted by atomic mass is 9.74. The number of aliphatic hydroxyl groups is 1. The minimum atomic E-state index is -0.986. The van der Waals surface area contributed by atoms with Crippen molar-refractivity contribution in [3.05, 3.63) is 35.9 Å². The molecule has 1 aliphatic heterocycles. The zero-order valence-corrected chi connectivity index (χ0v) is 14.8. The summed E-state index contributed by atoms with van der Waals surface area (Å²) < 4.78 is 0. The average Bonchev–Trinajstić information content (AvgIpc) is 2.59. The number of carbonyl (C=O) groups is 2. The third-order valence-corrected chi connectivity index (χ3v) is 4.77. The van der Waals surface area contributed by atoms with E-state index in [4.69, 9.17) is 9.90 Å². The molecular formula is C19H29NO5. The molecule has 6 nitrogen and oxygen atoms in total. The van der Waals surface area contributed by atoms with Gasteiger partial charge in [-0.25, -0.2) is 0 Å². The Kier molecular flexibility index (Phi) is 9.16. The van der Waals surface area contributed by atoms with Gasteiger partial charge in [0.2, 0.25) is 0 Å². The lowest BCUT2D eigenvalue weighted by Gasteiger charge is -2.43. The summed E-state index contributed by atoms with van der Waals surface area (Å²) in [6.45, 7) is 3.87. The number of carboxylic acid groups (broad SMARTS) is 2. The highest BCUT2D eigenvalue weighted by Gasteiger charge is 2.48. The van der Waals surface area contributed by atoms with E-state index in [1.54, 1.807) is 0 Å². The molecule has 1 aromatic rings. The fourth-order valence-corrected chi connectivity index (χ4v) is 3.52. The topological polar surface area (TPSA) is 98.1 Å². The summed E-state index contributed by atoms with van der Waals surface area (Å²) in [5.74, 6) is -0.852. The van der Waals surface area contributed by atoms with Gasteiger partial charge < -0.3 is 20.2 Å². The average molecular weight is 351 g/mol. The highest BCUT2D eigenvalue weighted by atomic mass is 16.4. The van der Waals surface area contributed by atoms with Crippen molar-refractivity contribution < 1.29 is 24.9 Å². The maximum Gasteiger partial charge on any atom is 0.313 e. The number of benzene rings is 1. The van der Waals surface area contributed by atoms with E-state index in [1.807, 2.05) is 25.1 Å². The van der Waals surface area contributed by atoms with Gasteiger partial charge in [-0.3, -0.25) is 9.59 Å². The van der Waals surface area contributed by atoms with Gasteiger partial charge in [0.1, 0.15) is 5.41 Å². The second-order valence-electron chi connectivity index (χ2n) is 6.49. The second kappa shape index (κ2) is 10.8. The van der Waals surface area contributed by atoms with Gasteiger partial charge >= 0.3 is 5.97 Å². The van der Waals surface area contributed by atoms with E-state index in [0.717, 1.165) is 32.4 Å². The van der Waals surface area contributed by atoms with Gasteiger partial charge in [-0.2, -0.15) is 0 Å². The molecular weight excluding hydrogens is 322 g/mol. The van der Waals surface area contributed by atoms with E-state index in [0.29, 0.717) is 19.4 Å². The van der Waals surface area contributed by atoms with E-state index >= 15 is 0 Å². The molecule has 1 saturated heterocycles. The van der Waals surface area contributed by atoms with Gasteiger partial charge in [-0.15, -0.1) is 0 Å². The van der Waals surface area contributed by atoms with E-state index in [9.17, 15) is 15.0 Å². The monoisotopic (exact) mass is 351 g/mol. The van der Waals surface area contributed by atoms with Crippen LogP contribution in [0.4, 0.5) is 0 Å². The molecule has 6 heteroatoms. The van der Waals surface area contributed by atoms with Crippen LogP contribution in [0.25, 0.3) is 0 Å². The van der Waals surface area contributed by atoms with Crippen LogP contribution in [-0.2, 0) is 16.0 Å². The molecule has 0 bridgehead atoms. The third-order valence-electron chi connectivity index (χ3n) is 4.77. The maximum atomic E-state index is 11.7. The number of nitrogens with zero attached hydrogens (tertiary/aromatic N) is 1. The largest absolute Gasteiger partial charge is 0.483 e. The van der Waals surface area contributed by atoms with Crippen molar-refractivity contribution in [1.82, 2.24) is 4.90 Å². The summed E-state index contributed by atoms with van der Waals surface area (Å²) >= 11 is 0. The Bertz CT molecular complexity index is 522. The van der Waals surface area contributed by atoms with Gasteiger partial charge in [-0.05, 0) is 37.8 Å². The number of carboxylic acids is 1. The quantitative estimate of drug-likeness (QED) is 0.652. The number of hydrogen-bond donors (Lipinski definition) is 3. The van der Waals surface area contributed by atoms with Crippen molar-refractivity contribution >= 4 is 12.4 Å². The van der Waals surface area contributed by atoms with Gasteiger partial charge in [-0.1, -0.05) is 43.7 Å². The predicted octanol–water partition coefficient (Wildman–Crippen LogP) is 2.26. The molecule has 0 saturated carbocycles. The predicted molar refractivity (Wildman–Crippen MR) is 95.5 cm³/mol. The summed E-state index contributed by atoms with van der Waals surface area (Å²) in [6.07, 6.45) is 3.17. The number of aliphatic carboxylic acids is 1. The Morgan fingerprint density at radius 1 is 1.36 bits per heavy atom. The van der Waals surface area contributed by atoms with Crippen LogP contribution in [0.3, 0.4) is 0 Å². The van der Waals surface area contributed by atoms with Crippen LogP contribution >= 0.6 is 0 Å². The molecule has 1 heterocycles. The van der Waals surface area contributed by atoms with Gasteiger partial charge in [0.15, 0.2) is 0 Å². The van der Waals surface area contributed by atoms with Crippen molar-refractivity contribution in [2.24, 2.45) is 5.41 Å². The zero-order valence-electron chi connectivity index (χ0n) is 14.8. The van der Waals surface area contributed by atoms with E-state index < -0.39 is 17.5 Å². The first kappa shape index (κ1) is 21.1. The molecule has 0 aliphatic carbocycles. The molecule has 1 aromatic carbocycles. The van der Waals surface area contributed by atoms with Crippen molar-refractivity contribution in [3.8, 4) is 0 Å². The number of rotatable bonds is 7. The third kappa shape index (κ3) is 6.14. The van der Waals surface area contributed by atoms with E-state index in [-0.39, 0.29) is 6.47 Å². The molecule has 1 fully saturated rings. The Morgan fingerprint density at radius 3 is 2.56 bits per heavy atom. The molecule has 0 unspecified atom stereocenters. The Labute approximate surface area is 149 Å². The number of hydrogen-bond acceptors (Lipinski definition) is 4. The van der Waals surface area contributed by atoms with Crippen LogP contribution in [-0.4, -0.2) is 58.4 Å². The van der Waals surface area contributed by atoms with Crippen LogP contribution < -0.4 is 0 Å². The van der Waals surface area contributed by atoms with Crippen molar-refractivity contribution in [1.29, 1.82) is 0 Å². The van der Waals surface area contributed by atoms with E-state index in [2.05, 4.69) is 17.0 Å². The van der Waals surface area contributed by atoms with Crippen LogP contribution in [0.2, 0.25) is 0 Å². The Balaban J connectivity index is 0.000000970. The molecule has 0 aromatic heterocycles.